The van der Waals surface area contributed by atoms with E-state index in [1.165, 1.54) is 5.56 Å². The zero-order valence-corrected chi connectivity index (χ0v) is 13.2. The van der Waals surface area contributed by atoms with Gasteiger partial charge in [0.1, 0.15) is 0 Å². The highest BCUT2D eigenvalue weighted by Gasteiger charge is 2.24. The van der Waals surface area contributed by atoms with E-state index in [0.717, 1.165) is 17.7 Å². The summed E-state index contributed by atoms with van der Waals surface area (Å²) in [5, 5.41) is 2.96. The Balaban J connectivity index is 1.59. The largest absolute Gasteiger partial charge is 0.374 e. The maximum Gasteiger partial charge on any atom is 0.322 e. The Labute approximate surface area is 136 Å². The Bertz CT molecular complexity index is 660. The molecule has 2 aromatic rings. The Morgan fingerprint density at radius 2 is 2.17 bits per heavy atom. The highest BCUT2D eigenvalue weighted by atomic mass is 16.5. The first-order valence-corrected chi connectivity index (χ1v) is 7.84. The van der Waals surface area contributed by atoms with Crippen LogP contribution in [0.5, 0.6) is 0 Å². The van der Waals surface area contributed by atoms with Crippen LogP contribution in [0.1, 0.15) is 11.1 Å². The van der Waals surface area contributed by atoms with Crippen LogP contribution in [-0.2, 0) is 11.2 Å². The predicted octanol–water partition coefficient (Wildman–Crippen LogP) is 2.87. The van der Waals surface area contributed by atoms with E-state index in [0.29, 0.717) is 19.7 Å². The highest BCUT2D eigenvalue weighted by molar-refractivity contribution is 5.90. The molecule has 0 saturated carbocycles. The lowest BCUT2D eigenvalue weighted by molar-refractivity contribution is -0.0113. The number of nitrogens with zero attached hydrogens (tertiary/aromatic N) is 2. The molecule has 1 aromatic heterocycles. The lowest BCUT2D eigenvalue weighted by Crippen LogP contribution is -2.48. The molecule has 1 saturated heterocycles. The van der Waals surface area contributed by atoms with E-state index in [4.69, 9.17) is 4.74 Å². The number of carbonyl (C=O) groups excluding carboxylic acids is 1. The highest BCUT2D eigenvalue weighted by Crippen LogP contribution is 2.15. The van der Waals surface area contributed by atoms with Crippen LogP contribution in [0, 0.1) is 6.92 Å². The molecule has 0 radical (unpaired) electrons. The fraction of sp³-hybridized carbons (Fsp3) is 0.333. The van der Waals surface area contributed by atoms with Crippen molar-refractivity contribution < 1.29 is 9.53 Å². The predicted molar refractivity (Wildman–Crippen MR) is 89.5 cm³/mol. The lowest BCUT2D eigenvalue weighted by Gasteiger charge is -2.33. The molecule has 0 aliphatic carbocycles. The average molecular weight is 311 g/mol. The monoisotopic (exact) mass is 311 g/mol. The molecule has 1 fully saturated rings. The summed E-state index contributed by atoms with van der Waals surface area (Å²) < 4.78 is 5.80. The molecule has 120 valence electrons. The van der Waals surface area contributed by atoms with Gasteiger partial charge in [0.2, 0.25) is 0 Å². The van der Waals surface area contributed by atoms with Gasteiger partial charge < -0.3 is 15.0 Å². The quantitative estimate of drug-likeness (QED) is 0.948. The number of aryl methyl sites for hydroxylation is 1. The number of nitrogens with one attached hydrogen (secondary N) is 1. The molecule has 3 rings (SSSR count). The number of morpholine rings is 1. The van der Waals surface area contributed by atoms with Crippen LogP contribution in [0.15, 0.2) is 48.8 Å². The van der Waals surface area contributed by atoms with Gasteiger partial charge in [-0.2, -0.15) is 0 Å². The fourth-order valence-electron chi connectivity index (χ4n) is 2.71. The van der Waals surface area contributed by atoms with Crippen LogP contribution in [0.25, 0.3) is 0 Å². The van der Waals surface area contributed by atoms with Gasteiger partial charge in [0.15, 0.2) is 0 Å². The van der Waals surface area contributed by atoms with Crippen LogP contribution in [0.4, 0.5) is 10.5 Å². The number of ether oxygens (including phenoxy) is 1. The Morgan fingerprint density at radius 3 is 2.96 bits per heavy atom. The van der Waals surface area contributed by atoms with Gasteiger partial charge in [0.05, 0.1) is 12.7 Å². The third-order valence-electron chi connectivity index (χ3n) is 3.99. The van der Waals surface area contributed by atoms with Crippen LogP contribution in [0.2, 0.25) is 0 Å². The molecule has 0 bridgehead atoms. The summed E-state index contributed by atoms with van der Waals surface area (Å²) in [6.45, 7) is 3.71. The molecule has 23 heavy (non-hydrogen) atoms. The zero-order valence-electron chi connectivity index (χ0n) is 13.2. The van der Waals surface area contributed by atoms with E-state index in [9.17, 15) is 4.79 Å². The van der Waals surface area contributed by atoms with Gasteiger partial charge in [-0.1, -0.05) is 30.3 Å². The minimum absolute atomic E-state index is 0.0374. The third kappa shape index (κ3) is 4.07. The Kier molecular flexibility index (Phi) is 4.88. The molecule has 1 aliphatic heterocycles. The number of urea groups is 1. The summed E-state index contributed by atoms with van der Waals surface area (Å²) in [6.07, 6.45) is 4.28. The first-order chi connectivity index (χ1) is 11.2. The van der Waals surface area contributed by atoms with E-state index < -0.39 is 0 Å². The second kappa shape index (κ2) is 7.24. The number of pyridine rings is 1. The summed E-state index contributed by atoms with van der Waals surface area (Å²) in [6, 6.07) is 12.0. The Morgan fingerprint density at radius 1 is 1.35 bits per heavy atom. The van der Waals surface area contributed by atoms with E-state index in [1.807, 2.05) is 36.1 Å². The van der Waals surface area contributed by atoms with Crippen LogP contribution >= 0.6 is 0 Å². The molecule has 1 atom stereocenters. The smallest absolute Gasteiger partial charge is 0.322 e. The first kappa shape index (κ1) is 15.5. The summed E-state index contributed by atoms with van der Waals surface area (Å²) in [5.41, 5.74) is 2.98. The van der Waals surface area contributed by atoms with E-state index in [-0.39, 0.29) is 12.1 Å². The number of amides is 2. The summed E-state index contributed by atoms with van der Waals surface area (Å²) >= 11 is 0. The van der Waals surface area contributed by atoms with Gasteiger partial charge in [0.25, 0.3) is 0 Å². The topological polar surface area (TPSA) is 54.5 Å². The molecule has 1 unspecified atom stereocenters. The number of anilines is 1. The van der Waals surface area contributed by atoms with Crippen molar-refractivity contribution in [2.45, 2.75) is 19.4 Å². The number of hydrogen-bond donors (Lipinski definition) is 1. The van der Waals surface area contributed by atoms with Crippen molar-refractivity contribution in [3.63, 3.8) is 0 Å². The van der Waals surface area contributed by atoms with Crippen molar-refractivity contribution in [2.24, 2.45) is 0 Å². The maximum atomic E-state index is 12.5. The van der Waals surface area contributed by atoms with E-state index in [2.05, 4.69) is 22.4 Å². The molecule has 0 spiro atoms. The second-order valence-corrected chi connectivity index (χ2v) is 5.75. The molecular weight excluding hydrogens is 290 g/mol. The summed E-state index contributed by atoms with van der Waals surface area (Å²) in [4.78, 5) is 18.3. The number of hydrogen-bond acceptors (Lipinski definition) is 3. The number of carbonyl (C=O) groups is 1. The SMILES string of the molecule is Cc1cnccc1NC(=O)N1CCOC(Cc2ccccc2)C1. The minimum atomic E-state index is -0.0827. The van der Waals surface area contributed by atoms with Crippen molar-refractivity contribution in [1.82, 2.24) is 9.88 Å². The van der Waals surface area contributed by atoms with Crippen LogP contribution in [-0.4, -0.2) is 41.7 Å². The number of aromatic nitrogens is 1. The molecular formula is C18H21N3O2. The van der Waals surface area contributed by atoms with Crippen molar-refractivity contribution in [1.29, 1.82) is 0 Å². The maximum absolute atomic E-state index is 12.5. The molecule has 5 heteroatoms. The summed E-state index contributed by atoms with van der Waals surface area (Å²) in [5.74, 6) is 0. The van der Waals surface area contributed by atoms with Gasteiger partial charge in [0, 0.05) is 37.6 Å². The van der Waals surface area contributed by atoms with Gasteiger partial charge in [-0.25, -0.2) is 4.79 Å². The number of benzene rings is 1. The molecule has 1 aliphatic rings. The minimum Gasteiger partial charge on any atom is -0.374 e. The molecule has 1 N–H and O–H groups in total. The van der Waals surface area contributed by atoms with E-state index in [1.54, 1.807) is 12.4 Å². The van der Waals surface area contributed by atoms with Gasteiger partial charge in [-0.3, -0.25) is 4.98 Å². The van der Waals surface area contributed by atoms with Crippen molar-refractivity contribution in [2.75, 3.05) is 25.0 Å². The van der Waals surface area contributed by atoms with Gasteiger partial charge >= 0.3 is 6.03 Å². The van der Waals surface area contributed by atoms with Crippen molar-refractivity contribution >= 4 is 11.7 Å². The standard InChI is InChI=1S/C18H21N3O2/c1-14-12-19-8-7-17(14)20-18(22)21-9-10-23-16(13-21)11-15-5-3-2-4-6-15/h2-8,12,16H,9-11,13H2,1H3,(H,19,20,22). The number of rotatable bonds is 3. The molecule has 5 nitrogen and oxygen atoms in total. The van der Waals surface area contributed by atoms with Gasteiger partial charge in [-0.05, 0) is 24.1 Å². The van der Waals surface area contributed by atoms with Gasteiger partial charge in [-0.15, -0.1) is 0 Å². The van der Waals surface area contributed by atoms with Crippen molar-refractivity contribution in [3.8, 4) is 0 Å². The first-order valence-electron chi connectivity index (χ1n) is 7.84. The van der Waals surface area contributed by atoms with Crippen LogP contribution < -0.4 is 5.32 Å². The molecule has 2 heterocycles. The van der Waals surface area contributed by atoms with Crippen molar-refractivity contribution in [3.05, 3.63) is 59.9 Å². The lowest BCUT2D eigenvalue weighted by atomic mass is 10.1. The molecule has 2 amide bonds. The second-order valence-electron chi connectivity index (χ2n) is 5.75. The van der Waals surface area contributed by atoms with E-state index >= 15 is 0 Å². The normalized spacial score (nSPS) is 17.8. The summed E-state index contributed by atoms with van der Waals surface area (Å²) in [7, 11) is 0. The average Bonchev–Trinajstić information content (AvgIpc) is 2.58. The zero-order chi connectivity index (χ0) is 16.1. The Hall–Kier alpha value is -2.40. The van der Waals surface area contributed by atoms with Crippen LogP contribution in [0.3, 0.4) is 0 Å². The molecule has 1 aromatic carbocycles. The third-order valence-corrected chi connectivity index (χ3v) is 3.99. The fourth-order valence-corrected chi connectivity index (χ4v) is 2.71.